The Balaban J connectivity index is 2.28. The van der Waals surface area contributed by atoms with Crippen LogP contribution in [0.2, 0.25) is 0 Å². The highest BCUT2D eigenvalue weighted by molar-refractivity contribution is 5.50. The predicted octanol–water partition coefficient (Wildman–Crippen LogP) is -0.582. The van der Waals surface area contributed by atoms with Gasteiger partial charge in [-0.3, -0.25) is 4.98 Å². The third-order valence-electron chi connectivity index (χ3n) is 1.82. The summed E-state index contributed by atoms with van der Waals surface area (Å²) in [7, 11) is 0. The average Bonchev–Trinajstić information content (AvgIpc) is 2.66. The van der Waals surface area contributed by atoms with Gasteiger partial charge in [-0.1, -0.05) is 0 Å². The Kier molecular flexibility index (Phi) is 2.44. The van der Waals surface area contributed by atoms with Gasteiger partial charge in [0.15, 0.2) is 5.65 Å². The van der Waals surface area contributed by atoms with E-state index in [4.69, 9.17) is 0 Å². The number of nitrogens with zero attached hydrogens (tertiary/aromatic N) is 3. The van der Waals surface area contributed by atoms with Crippen molar-refractivity contribution in [1.29, 1.82) is 0 Å². The van der Waals surface area contributed by atoms with Crippen LogP contribution in [0.25, 0.3) is 5.65 Å². The van der Waals surface area contributed by atoms with Gasteiger partial charge in [0, 0.05) is 19.0 Å². The summed E-state index contributed by atoms with van der Waals surface area (Å²) in [5.41, 5.74) is 0.103. The molecule has 0 bridgehead atoms. The van der Waals surface area contributed by atoms with Gasteiger partial charge in [0.05, 0.1) is 6.20 Å². The van der Waals surface area contributed by atoms with E-state index in [2.05, 4.69) is 20.4 Å². The summed E-state index contributed by atoms with van der Waals surface area (Å²) in [5.74, 6) is 0.342. The topological polar surface area (TPSA) is 92.2 Å². The van der Waals surface area contributed by atoms with Gasteiger partial charge in [0.1, 0.15) is 6.29 Å². The Morgan fingerprint density at radius 3 is 3.27 bits per heavy atom. The van der Waals surface area contributed by atoms with Crippen molar-refractivity contribution in [3.63, 3.8) is 0 Å². The summed E-state index contributed by atoms with van der Waals surface area (Å²) in [5, 5.41) is 6.61. The number of H-pyrrole nitrogens is 1. The first-order valence-electron chi connectivity index (χ1n) is 4.43. The molecule has 0 aliphatic rings. The molecule has 7 nitrogen and oxygen atoms in total. The van der Waals surface area contributed by atoms with Crippen LogP contribution >= 0.6 is 0 Å². The molecule has 15 heavy (non-hydrogen) atoms. The molecular formula is C8H9N5O2. The number of hydrogen-bond donors (Lipinski definition) is 2. The number of carbonyl (C=O) groups excluding carboxylic acids is 1. The van der Waals surface area contributed by atoms with E-state index in [1.807, 2.05) is 0 Å². The van der Waals surface area contributed by atoms with Crippen LogP contribution in [0.3, 0.4) is 0 Å². The summed E-state index contributed by atoms with van der Waals surface area (Å²) in [6.45, 7) is 0.441. The molecule has 0 aliphatic heterocycles. The molecule has 0 spiro atoms. The van der Waals surface area contributed by atoms with Crippen molar-refractivity contribution in [2.45, 2.75) is 6.42 Å². The van der Waals surface area contributed by atoms with Crippen LogP contribution in [-0.4, -0.2) is 32.4 Å². The van der Waals surface area contributed by atoms with Gasteiger partial charge < -0.3 is 10.1 Å². The molecule has 0 aliphatic carbocycles. The monoisotopic (exact) mass is 207 g/mol. The molecule has 2 aromatic heterocycles. The maximum Gasteiger partial charge on any atom is 0.350 e. The summed E-state index contributed by atoms with van der Waals surface area (Å²) in [4.78, 5) is 28.1. The smallest absolute Gasteiger partial charge is 0.350 e. The molecule has 0 amide bonds. The molecule has 0 atom stereocenters. The minimum absolute atomic E-state index is 0.342. The highest BCUT2D eigenvalue weighted by Crippen LogP contribution is 1.98. The lowest BCUT2D eigenvalue weighted by Crippen LogP contribution is -2.21. The maximum atomic E-state index is 11.4. The molecular weight excluding hydrogens is 198 g/mol. The Morgan fingerprint density at radius 1 is 1.60 bits per heavy atom. The van der Waals surface area contributed by atoms with Crippen molar-refractivity contribution in [2.24, 2.45) is 0 Å². The molecule has 2 aromatic rings. The summed E-state index contributed by atoms with van der Waals surface area (Å²) in [6.07, 6.45) is 2.66. The predicted molar refractivity (Wildman–Crippen MR) is 52.8 cm³/mol. The van der Waals surface area contributed by atoms with Crippen molar-refractivity contribution in [1.82, 2.24) is 19.6 Å². The minimum atomic E-state index is -0.362. The van der Waals surface area contributed by atoms with Crippen LogP contribution in [0, 0.1) is 0 Å². The van der Waals surface area contributed by atoms with Crippen molar-refractivity contribution >= 4 is 17.9 Å². The van der Waals surface area contributed by atoms with E-state index >= 15 is 0 Å². The molecule has 2 rings (SSSR count). The molecule has 7 heteroatoms. The van der Waals surface area contributed by atoms with E-state index in [-0.39, 0.29) is 5.69 Å². The quantitative estimate of drug-likeness (QED) is 0.516. The number of anilines is 1. The van der Waals surface area contributed by atoms with Gasteiger partial charge in [0.2, 0.25) is 5.95 Å². The second-order valence-electron chi connectivity index (χ2n) is 2.87. The number of nitrogens with one attached hydrogen (secondary N) is 2. The van der Waals surface area contributed by atoms with Crippen molar-refractivity contribution < 1.29 is 4.79 Å². The second kappa shape index (κ2) is 3.91. The zero-order valence-electron chi connectivity index (χ0n) is 7.80. The molecule has 2 N–H and O–H groups in total. The van der Waals surface area contributed by atoms with Gasteiger partial charge in [-0.25, -0.2) is 4.79 Å². The van der Waals surface area contributed by atoms with E-state index in [0.717, 1.165) is 10.8 Å². The zero-order chi connectivity index (χ0) is 10.7. The maximum absolute atomic E-state index is 11.4. The fourth-order valence-electron chi connectivity index (χ4n) is 1.17. The van der Waals surface area contributed by atoms with Crippen LogP contribution < -0.4 is 11.0 Å². The highest BCUT2D eigenvalue weighted by Gasteiger charge is 2.01. The number of carbonyl (C=O) groups is 1. The van der Waals surface area contributed by atoms with E-state index in [9.17, 15) is 9.59 Å². The van der Waals surface area contributed by atoms with Crippen LogP contribution in [-0.2, 0) is 4.79 Å². The van der Waals surface area contributed by atoms with Crippen LogP contribution in [0.15, 0.2) is 17.1 Å². The number of aldehydes is 1. The number of rotatable bonds is 4. The lowest BCUT2D eigenvalue weighted by molar-refractivity contribution is -0.107. The van der Waals surface area contributed by atoms with E-state index in [1.165, 1.54) is 6.20 Å². The van der Waals surface area contributed by atoms with Gasteiger partial charge in [-0.15, -0.1) is 0 Å². The van der Waals surface area contributed by atoms with Gasteiger partial charge >= 0.3 is 5.69 Å². The number of fused-ring (bicyclic) bond motifs is 1. The molecule has 0 saturated heterocycles. The van der Waals surface area contributed by atoms with E-state index in [1.54, 1.807) is 6.07 Å². The van der Waals surface area contributed by atoms with Gasteiger partial charge in [-0.05, 0) is 0 Å². The summed E-state index contributed by atoms with van der Waals surface area (Å²) >= 11 is 0. The normalized spacial score (nSPS) is 10.4. The Labute approximate surface area is 84.1 Å². The second-order valence-corrected chi connectivity index (χ2v) is 2.87. The first kappa shape index (κ1) is 9.38. The lowest BCUT2D eigenvalue weighted by atomic mass is 10.5. The Bertz CT molecular complexity index is 529. The van der Waals surface area contributed by atoms with Crippen molar-refractivity contribution in [3.8, 4) is 0 Å². The third kappa shape index (κ3) is 1.85. The molecule has 0 aromatic carbocycles. The molecule has 0 fully saturated rings. The highest BCUT2D eigenvalue weighted by atomic mass is 16.1. The Morgan fingerprint density at radius 2 is 2.47 bits per heavy atom. The zero-order valence-corrected chi connectivity index (χ0v) is 7.80. The molecule has 2 heterocycles. The summed E-state index contributed by atoms with van der Waals surface area (Å²) < 4.78 is 1.16. The van der Waals surface area contributed by atoms with Crippen molar-refractivity contribution in [3.05, 3.63) is 22.7 Å². The first-order valence-corrected chi connectivity index (χ1v) is 4.43. The van der Waals surface area contributed by atoms with Gasteiger partial charge in [-0.2, -0.15) is 14.6 Å². The molecule has 78 valence electrons. The summed E-state index contributed by atoms with van der Waals surface area (Å²) in [6, 6.07) is 1.63. The fourth-order valence-corrected chi connectivity index (χ4v) is 1.17. The van der Waals surface area contributed by atoms with E-state index < -0.39 is 0 Å². The van der Waals surface area contributed by atoms with Crippen LogP contribution in [0.1, 0.15) is 6.42 Å². The molecule has 0 unspecified atom stereocenters. The van der Waals surface area contributed by atoms with Gasteiger partial charge in [0.25, 0.3) is 0 Å². The SMILES string of the molecule is O=CCCNc1nc2ccnn2c(=O)[nH]1. The third-order valence-corrected chi connectivity index (χ3v) is 1.82. The minimum Gasteiger partial charge on any atom is -0.355 e. The molecule has 0 radical (unpaired) electrons. The van der Waals surface area contributed by atoms with Crippen LogP contribution in [0.5, 0.6) is 0 Å². The fraction of sp³-hybridized carbons (Fsp3) is 0.250. The van der Waals surface area contributed by atoms with Crippen molar-refractivity contribution in [2.75, 3.05) is 11.9 Å². The number of aromatic amines is 1. The Hall–Kier alpha value is -2.18. The van der Waals surface area contributed by atoms with E-state index in [0.29, 0.717) is 24.6 Å². The molecule has 0 saturated carbocycles. The number of aromatic nitrogens is 4. The average molecular weight is 207 g/mol. The lowest BCUT2D eigenvalue weighted by Gasteiger charge is -2.02. The number of hydrogen-bond acceptors (Lipinski definition) is 5. The largest absolute Gasteiger partial charge is 0.355 e. The first-order chi connectivity index (χ1) is 7.31. The standard InChI is InChI=1S/C8H9N5O2/c14-5-1-3-9-7-11-6-2-4-10-13(6)8(15)12-7/h2,4-5H,1,3H2,(H2,9,11,12,15). The van der Waals surface area contributed by atoms with Crippen LogP contribution in [0.4, 0.5) is 5.95 Å².